The summed E-state index contributed by atoms with van der Waals surface area (Å²) in [7, 11) is 0. The number of carboxylic acids is 1. The molecular formula is C19H19Cl2N5O8S2. The molecule has 194 valence electrons. The lowest BCUT2D eigenvalue weighted by Gasteiger charge is -2.49. The van der Waals surface area contributed by atoms with Crippen LogP contribution in [-0.4, -0.2) is 86.5 Å². The molecule has 2 amide bonds. The first-order valence-electron chi connectivity index (χ1n) is 10.1. The average molecular weight is 580 g/mol. The van der Waals surface area contributed by atoms with Crippen molar-refractivity contribution >= 4 is 86.7 Å². The van der Waals surface area contributed by atoms with Gasteiger partial charge in [0.05, 0.1) is 5.88 Å². The third kappa shape index (κ3) is 6.08. The Labute approximate surface area is 221 Å². The number of carbonyl (C=O) groups excluding carboxylic acids is 4. The van der Waals surface area contributed by atoms with Crippen LogP contribution in [-0.2, 0) is 33.5 Å². The molecule has 0 aliphatic carbocycles. The van der Waals surface area contributed by atoms with Crippen molar-refractivity contribution in [3.05, 3.63) is 21.3 Å². The van der Waals surface area contributed by atoms with Gasteiger partial charge in [0.25, 0.3) is 11.8 Å². The maximum Gasteiger partial charge on any atom is 0.352 e. The van der Waals surface area contributed by atoms with Crippen LogP contribution in [0.1, 0.15) is 19.0 Å². The van der Waals surface area contributed by atoms with Gasteiger partial charge in [-0.15, -0.1) is 23.4 Å². The van der Waals surface area contributed by atoms with Gasteiger partial charge >= 0.3 is 11.9 Å². The van der Waals surface area contributed by atoms with Crippen molar-refractivity contribution in [1.82, 2.24) is 15.2 Å². The van der Waals surface area contributed by atoms with Crippen LogP contribution in [0.4, 0.5) is 5.13 Å². The number of Topliss-reactive ketones (excluding diaryl/α,β-unsaturated/α-hetero) is 1. The molecule has 0 aromatic carbocycles. The second-order valence-corrected chi connectivity index (χ2v) is 10.4. The first-order chi connectivity index (χ1) is 17.0. The van der Waals surface area contributed by atoms with E-state index < -0.39 is 54.0 Å². The summed E-state index contributed by atoms with van der Waals surface area (Å²) in [6.07, 6.45) is -0.449. The Morgan fingerprint density at radius 3 is 2.67 bits per heavy atom. The SMILES string of the molecule is CC(=O)CC(=O)OCC1=C(C(=O)O)N2C(=O)[C@@H](NC(=O)/C(=N\OCCCl)c3nc(N)sc3Cl)[C@@H]2SC1. The Bertz CT molecular complexity index is 1170. The van der Waals surface area contributed by atoms with Crippen LogP contribution < -0.4 is 11.1 Å². The van der Waals surface area contributed by atoms with Gasteiger partial charge in [-0.05, 0) is 6.92 Å². The lowest BCUT2D eigenvalue weighted by Crippen LogP contribution is -2.71. The van der Waals surface area contributed by atoms with Crippen LogP contribution in [0.25, 0.3) is 0 Å². The molecular weight excluding hydrogens is 561 g/mol. The number of hydrogen-bond donors (Lipinski definition) is 3. The van der Waals surface area contributed by atoms with E-state index in [1.165, 1.54) is 6.92 Å². The summed E-state index contributed by atoms with van der Waals surface area (Å²) in [4.78, 5) is 70.4. The maximum atomic E-state index is 13.0. The smallest absolute Gasteiger partial charge is 0.352 e. The summed E-state index contributed by atoms with van der Waals surface area (Å²) in [6.45, 7) is 0.804. The maximum absolute atomic E-state index is 13.0. The highest BCUT2D eigenvalue weighted by atomic mass is 35.5. The number of halogens is 2. The van der Waals surface area contributed by atoms with Gasteiger partial charge in [-0.25, -0.2) is 9.78 Å². The second kappa shape index (κ2) is 11.9. The number of esters is 1. The number of nitrogens with two attached hydrogens (primary N) is 1. The molecule has 1 saturated heterocycles. The fourth-order valence-electron chi connectivity index (χ4n) is 3.23. The van der Waals surface area contributed by atoms with E-state index in [2.05, 4.69) is 15.5 Å². The minimum atomic E-state index is -1.41. The highest BCUT2D eigenvalue weighted by Crippen LogP contribution is 2.40. The minimum absolute atomic E-state index is 0.0171. The summed E-state index contributed by atoms with van der Waals surface area (Å²) in [5, 5.41) is 15.3. The fraction of sp³-hybridized carbons (Fsp3) is 0.421. The quantitative estimate of drug-likeness (QED) is 0.0632. The van der Waals surface area contributed by atoms with E-state index in [4.69, 9.17) is 38.5 Å². The number of ketones is 1. The number of nitrogens with zero attached hydrogens (tertiary/aromatic N) is 3. The average Bonchev–Trinajstić information content (AvgIpc) is 3.14. The zero-order valence-corrected chi connectivity index (χ0v) is 21.6. The number of rotatable bonds is 11. The highest BCUT2D eigenvalue weighted by Gasteiger charge is 2.54. The summed E-state index contributed by atoms with van der Waals surface area (Å²) in [5.74, 6) is -3.97. The monoisotopic (exact) mass is 579 g/mol. The van der Waals surface area contributed by atoms with Crippen molar-refractivity contribution in [3.63, 3.8) is 0 Å². The van der Waals surface area contributed by atoms with E-state index in [1.54, 1.807) is 0 Å². The van der Waals surface area contributed by atoms with E-state index >= 15 is 0 Å². The molecule has 0 spiro atoms. The van der Waals surface area contributed by atoms with Gasteiger partial charge in [-0.3, -0.25) is 24.1 Å². The summed E-state index contributed by atoms with van der Waals surface area (Å²) in [6, 6.07) is -1.09. The third-order valence-corrected chi connectivity index (χ3v) is 7.28. The van der Waals surface area contributed by atoms with E-state index in [9.17, 15) is 29.1 Å². The Morgan fingerprint density at radius 1 is 1.36 bits per heavy atom. The molecule has 3 heterocycles. The molecule has 0 unspecified atom stereocenters. The Balaban J connectivity index is 1.76. The minimum Gasteiger partial charge on any atom is -0.477 e. The van der Waals surface area contributed by atoms with Gasteiger partial charge in [0, 0.05) is 11.3 Å². The number of nitrogen functional groups attached to an aromatic ring is 1. The van der Waals surface area contributed by atoms with Crippen LogP contribution in [0.15, 0.2) is 16.4 Å². The summed E-state index contributed by atoms with van der Waals surface area (Å²) >= 11 is 13.7. The predicted octanol–water partition coefficient (Wildman–Crippen LogP) is 0.599. The molecule has 2 aliphatic heterocycles. The molecule has 13 nitrogen and oxygen atoms in total. The van der Waals surface area contributed by atoms with Gasteiger partial charge in [0.2, 0.25) is 0 Å². The second-order valence-electron chi connectivity index (χ2n) is 7.29. The van der Waals surface area contributed by atoms with Crippen molar-refractivity contribution in [1.29, 1.82) is 0 Å². The molecule has 2 aliphatic rings. The number of carboxylic acid groups (broad SMARTS) is 1. The number of oxime groups is 1. The Morgan fingerprint density at radius 2 is 2.08 bits per heavy atom. The molecule has 1 aromatic heterocycles. The number of anilines is 1. The van der Waals surface area contributed by atoms with Crippen LogP contribution in [0.5, 0.6) is 0 Å². The number of thioether (sulfide) groups is 1. The number of amides is 2. The van der Waals surface area contributed by atoms with Gasteiger partial charge in [-0.1, -0.05) is 28.1 Å². The van der Waals surface area contributed by atoms with Crippen molar-refractivity contribution in [2.45, 2.75) is 24.8 Å². The first kappa shape index (κ1) is 27.7. The molecule has 2 atom stereocenters. The van der Waals surface area contributed by atoms with Crippen molar-refractivity contribution < 1.29 is 38.7 Å². The summed E-state index contributed by atoms with van der Waals surface area (Å²) in [5.41, 5.74) is 5.09. The van der Waals surface area contributed by atoms with Crippen molar-refractivity contribution in [2.24, 2.45) is 5.16 Å². The third-order valence-electron chi connectivity index (χ3n) is 4.70. The number of β-lactam (4-membered cyclic amide) rings is 1. The molecule has 1 aromatic rings. The van der Waals surface area contributed by atoms with Gasteiger partial charge < -0.3 is 25.7 Å². The standard InChI is InChI=1S/C19H19Cl2N5O8S2/c1-7(27)4-9(28)33-5-8-6-35-17-12(16(30)26(17)13(8)18(31)32)23-15(29)11(25-34-3-2-20)10-14(21)36-19(22)24-10/h12,17H,2-6H2,1H3,(H2,22,24)(H,23,29)(H,31,32)/b25-11-/t12-,17+/m1/s1. The lowest BCUT2D eigenvalue weighted by molar-refractivity contribution is -0.150. The molecule has 0 saturated carbocycles. The van der Waals surface area contributed by atoms with Crippen molar-refractivity contribution in [3.8, 4) is 0 Å². The van der Waals surface area contributed by atoms with E-state index in [0.717, 1.165) is 28.0 Å². The molecule has 36 heavy (non-hydrogen) atoms. The van der Waals surface area contributed by atoms with Crippen LogP contribution in [0.2, 0.25) is 4.34 Å². The zero-order valence-electron chi connectivity index (χ0n) is 18.5. The van der Waals surface area contributed by atoms with Crippen LogP contribution in [0.3, 0.4) is 0 Å². The van der Waals surface area contributed by atoms with Crippen molar-refractivity contribution in [2.75, 3.05) is 30.6 Å². The van der Waals surface area contributed by atoms with Gasteiger partial charge in [0.1, 0.15) is 52.6 Å². The Hall–Kier alpha value is -2.88. The lowest BCUT2D eigenvalue weighted by atomic mass is 10.0. The van der Waals surface area contributed by atoms with Gasteiger partial charge in [0.15, 0.2) is 10.8 Å². The highest BCUT2D eigenvalue weighted by molar-refractivity contribution is 8.00. The number of aromatic nitrogens is 1. The predicted molar refractivity (Wildman–Crippen MR) is 131 cm³/mol. The Kier molecular flexibility index (Phi) is 9.16. The zero-order chi connectivity index (χ0) is 26.6. The van der Waals surface area contributed by atoms with E-state index in [0.29, 0.717) is 0 Å². The molecule has 3 rings (SSSR count). The number of ether oxygens (including phenoxy) is 1. The number of hydrogen-bond acceptors (Lipinski definition) is 12. The van der Waals surface area contributed by atoms with Gasteiger partial charge in [-0.2, -0.15) is 0 Å². The summed E-state index contributed by atoms with van der Waals surface area (Å²) < 4.78 is 5.05. The number of aliphatic carboxylic acids is 1. The van der Waals surface area contributed by atoms with Crippen LogP contribution >= 0.6 is 46.3 Å². The van der Waals surface area contributed by atoms with E-state index in [1.807, 2.05) is 0 Å². The largest absolute Gasteiger partial charge is 0.477 e. The molecule has 0 radical (unpaired) electrons. The number of nitrogens with one attached hydrogen (secondary N) is 1. The topological polar surface area (TPSA) is 191 Å². The molecule has 17 heteroatoms. The fourth-order valence-corrected chi connectivity index (χ4v) is 5.55. The molecule has 0 bridgehead atoms. The number of fused-ring (bicyclic) bond motifs is 1. The molecule has 4 N–H and O–H groups in total. The molecule has 1 fully saturated rings. The number of alkyl halides is 1. The number of thiazole rings is 1. The first-order valence-corrected chi connectivity index (χ1v) is 12.9. The van der Waals surface area contributed by atoms with E-state index in [-0.39, 0.29) is 50.4 Å². The van der Waals surface area contributed by atoms with Crippen LogP contribution in [0, 0.1) is 0 Å². The number of carbonyl (C=O) groups is 5. The normalized spacial score (nSPS) is 19.4.